The lowest BCUT2D eigenvalue weighted by Gasteiger charge is -2.09. The SMILES string of the molecule is O=C(NCc1ccc(-c2ccnc(C(F)(F)F)c2)nc1)c1ccc(-c2cnccn2)nc1. The zero-order valence-corrected chi connectivity index (χ0v) is 16.4. The first kappa shape index (κ1) is 21.0. The fraction of sp³-hybridized carbons (Fsp3) is 0.0909. The number of pyridine rings is 3. The summed E-state index contributed by atoms with van der Waals surface area (Å²) in [6, 6.07) is 8.99. The van der Waals surface area contributed by atoms with Crippen molar-refractivity contribution in [3.63, 3.8) is 0 Å². The molecule has 1 amide bonds. The summed E-state index contributed by atoms with van der Waals surface area (Å²) in [5.74, 6) is -0.323. The number of halogens is 3. The van der Waals surface area contributed by atoms with Gasteiger partial charge in [-0.1, -0.05) is 6.07 Å². The fourth-order valence-electron chi connectivity index (χ4n) is 2.84. The van der Waals surface area contributed by atoms with Crippen molar-refractivity contribution in [1.29, 1.82) is 0 Å². The van der Waals surface area contributed by atoms with E-state index in [-0.39, 0.29) is 12.5 Å². The number of nitrogens with zero attached hydrogens (tertiary/aromatic N) is 5. The molecule has 0 atom stereocenters. The molecule has 7 nitrogen and oxygen atoms in total. The second-order valence-corrected chi connectivity index (χ2v) is 6.68. The number of carbonyl (C=O) groups excluding carboxylic acids is 1. The third-order valence-electron chi connectivity index (χ3n) is 4.48. The molecule has 0 saturated carbocycles. The zero-order valence-electron chi connectivity index (χ0n) is 16.4. The predicted octanol–water partition coefficient (Wildman–Crippen LogP) is 3.94. The fourth-order valence-corrected chi connectivity index (χ4v) is 2.84. The molecule has 0 fully saturated rings. The molecule has 160 valence electrons. The van der Waals surface area contributed by atoms with E-state index in [1.807, 2.05) is 0 Å². The Morgan fingerprint density at radius 1 is 0.812 bits per heavy atom. The molecule has 4 heterocycles. The Labute approximate surface area is 180 Å². The van der Waals surface area contributed by atoms with Crippen molar-refractivity contribution in [3.05, 3.63) is 90.4 Å². The van der Waals surface area contributed by atoms with E-state index in [0.717, 1.165) is 12.3 Å². The third-order valence-corrected chi connectivity index (χ3v) is 4.48. The number of rotatable bonds is 5. The zero-order chi connectivity index (χ0) is 22.6. The van der Waals surface area contributed by atoms with Gasteiger partial charge in [-0.3, -0.25) is 29.7 Å². The van der Waals surface area contributed by atoms with E-state index in [1.54, 1.807) is 42.9 Å². The molecule has 0 saturated heterocycles. The summed E-state index contributed by atoms with van der Waals surface area (Å²) in [5.41, 5.74) is 1.96. The molecular weight excluding hydrogens is 421 g/mol. The van der Waals surface area contributed by atoms with Gasteiger partial charge in [0.1, 0.15) is 11.4 Å². The molecule has 0 aromatic carbocycles. The molecule has 4 rings (SSSR count). The van der Waals surface area contributed by atoms with Gasteiger partial charge in [-0.25, -0.2) is 0 Å². The first-order valence-electron chi connectivity index (χ1n) is 9.39. The van der Waals surface area contributed by atoms with Gasteiger partial charge in [0.2, 0.25) is 0 Å². The molecule has 0 aliphatic heterocycles. The summed E-state index contributed by atoms with van der Waals surface area (Å²) in [4.78, 5) is 32.3. The summed E-state index contributed by atoms with van der Waals surface area (Å²) >= 11 is 0. The molecule has 32 heavy (non-hydrogen) atoms. The summed E-state index contributed by atoms with van der Waals surface area (Å²) in [5, 5.41) is 2.76. The van der Waals surface area contributed by atoms with Crippen LogP contribution in [0.1, 0.15) is 21.6 Å². The molecular formula is C22H15F3N6O. The lowest BCUT2D eigenvalue weighted by atomic mass is 10.1. The van der Waals surface area contributed by atoms with Crippen LogP contribution in [-0.2, 0) is 12.7 Å². The monoisotopic (exact) mass is 436 g/mol. The Bertz CT molecular complexity index is 1210. The van der Waals surface area contributed by atoms with Crippen molar-refractivity contribution in [1.82, 2.24) is 30.2 Å². The van der Waals surface area contributed by atoms with Crippen LogP contribution in [0.3, 0.4) is 0 Å². The molecule has 0 bridgehead atoms. The highest BCUT2D eigenvalue weighted by molar-refractivity contribution is 5.94. The Morgan fingerprint density at radius 3 is 2.28 bits per heavy atom. The Morgan fingerprint density at radius 2 is 1.62 bits per heavy atom. The number of amides is 1. The van der Waals surface area contributed by atoms with Crippen LogP contribution < -0.4 is 5.32 Å². The second-order valence-electron chi connectivity index (χ2n) is 6.68. The molecule has 0 aliphatic rings. The van der Waals surface area contributed by atoms with Crippen molar-refractivity contribution in [2.45, 2.75) is 12.7 Å². The molecule has 0 spiro atoms. The lowest BCUT2D eigenvalue weighted by Crippen LogP contribution is -2.23. The van der Waals surface area contributed by atoms with Crippen LogP contribution in [0.25, 0.3) is 22.6 Å². The molecule has 10 heteroatoms. The molecule has 0 radical (unpaired) electrons. The van der Waals surface area contributed by atoms with E-state index in [2.05, 4.69) is 30.2 Å². The van der Waals surface area contributed by atoms with E-state index >= 15 is 0 Å². The van der Waals surface area contributed by atoms with Crippen molar-refractivity contribution < 1.29 is 18.0 Å². The Kier molecular flexibility index (Phi) is 5.84. The van der Waals surface area contributed by atoms with Gasteiger partial charge in [-0.2, -0.15) is 13.2 Å². The van der Waals surface area contributed by atoms with Gasteiger partial charge in [0.25, 0.3) is 5.91 Å². The first-order valence-corrected chi connectivity index (χ1v) is 9.39. The van der Waals surface area contributed by atoms with Gasteiger partial charge in [0.15, 0.2) is 0 Å². The highest BCUT2D eigenvalue weighted by Crippen LogP contribution is 2.29. The summed E-state index contributed by atoms with van der Waals surface area (Å²) in [7, 11) is 0. The maximum atomic E-state index is 12.8. The molecule has 0 aliphatic carbocycles. The van der Waals surface area contributed by atoms with Crippen LogP contribution in [0.4, 0.5) is 13.2 Å². The maximum absolute atomic E-state index is 12.8. The third kappa shape index (κ3) is 4.91. The number of hydrogen-bond donors (Lipinski definition) is 1. The van der Waals surface area contributed by atoms with Gasteiger partial charge >= 0.3 is 6.18 Å². The Hall–Kier alpha value is -4.21. The summed E-state index contributed by atoms with van der Waals surface area (Å²) < 4.78 is 38.5. The van der Waals surface area contributed by atoms with Crippen molar-refractivity contribution in [2.24, 2.45) is 0 Å². The van der Waals surface area contributed by atoms with Crippen LogP contribution in [0.15, 0.2) is 73.6 Å². The quantitative estimate of drug-likeness (QED) is 0.509. The van der Waals surface area contributed by atoms with Crippen molar-refractivity contribution in [2.75, 3.05) is 0 Å². The van der Waals surface area contributed by atoms with E-state index in [1.165, 1.54) is 18.5 Å². The minimum Gasteiger partial charge on any atom is -0.348 e. The summed E-state index contributed by atoms with van der Waals surface area (Å²) in [6.45, 7) is 0.197. The molecule has 0 unspecified atom stereocenters. The normalized spacial score (nSPS) is 11.2. The lowest BCUT2D eigenvalue weighted by molar-refractivity contribution is -0.141. The van der Waals surface area contributed by atoms with Crippen LogP contribution in [0.2, 0.25) is 0 Å². The highest BCUT2D eigenvalue weighted by atomic mass is 19.4. The number of carbonyl (C=O) groups is 1. The first-order chi connectivity index (χ1) is 15.4. The van der Waals surface area contributed by atoms with Gasteiger partial charge in [-0.15, -0.1) is 0 Å². The van der Waals surface area contributed by atoms with Gasteiger partial charge in [0, 0.05) is 43.1 Å². The van der Waals surface area contributed by atoms with Crippen LogP contribution in [0, 0.1) is 0 Å². The van der Waals surface area contributed by atoms with Gasteiger partial charge in [-0.05, 0) is 35.9 Å². The Balaban J connectivity index is 1.39. The van der Waals surface area contributed by atoms with Gasteiger partial charge in [0.05, 0.1) is 23.1 Å². The van der Waals surface area contributed by atoms with Crippen molar-refractivity contribution >= 4 is 5.91 Å². The average molecular weight is 436 g/mol. The topological polar surface area (TPSA) is 93.6 Å². The van der Waals surface area contributed by atoms with Crippen LogP contribution in [0.5, 0.6) is 0 Å². The van der Waals surface area contributed by atoms with E-state index in [9.17, 15) is 18.0 Å². The minimum atomic E-state index is -4.53. The number of aromatic nitrogens is 5. The number of alkyl halides is 3. The maximum Gasteiger partial charge on any atom is 0.433 e. The standard InChI is InChI=1S/C22H15F3N6O/c23-22(24,25)20-9-15(5-6-28-20)17-3-1-14(10-29-17)11-31-21(32)16-2-4-18(30-12-16)19-13-26-7-8-27-19/h1-10,12-13H,11H2,(H,31,32). The number of hydrogen-bond acceptors (Lipinski definition) is 6. The minimum absolute atomic E-state index is 0.197. The van der Waals surface area contributed by atoms with E-state index in [0.29, 0.717) is 33.8 Å². The highest BCUT2D eigenvalue weighted by Gasteiger charge is 2.32. The predicted molar refractivity (Wildman–Crippen MR) is 109 cm³/mol. The summed E-state index contributed by atoms with van der Waals surface area (Å²) in [6.07, 6.45) is 4.21. The van der Waals surface area contributed by atoms with Crippen molar-refractivity contribution in [3.8, 4) is 22.6 Å². The van der Waals surface area contributed by atoms with Crippen LogP contribution >= 0.6 is 0 Å². The molecule has 4 aromatic heterocycles. The smallest absolute Gasteiger partial charge is 0.348 e. The van der Waals surface area contributed by atoms with E-state index in [4.69, 9.17) is 0 Å². The molecule has 1 N–H and O–H groups in total. The van der Waals surface area contributed by atoms with Gasteiger partial charge < -0.3 is 5.32 Å². The average Bonchev–Trinajstić information content (AvgIpc) is 2.83. The molecule has 4 aromatic rings. The largest absolute Gasteiger partial charge is 0.433 e. The second kappa shape index (κ2) is 8.88. The van der Waals surface area contributed by atoms with Crippen LogP contribution in [-0.4, -0.2) is 30.8 Å². The number of nitrogens with one attached hydrogen (secondary N) is 1. The van der Waals surface area contributed by atoms with E-state index < -0.39 is 11.9 Å².